The number of anilines is 1. The molecule has 2 aromatic rings. The van der Waals surface area contributed by atoms with Crippen LogP contribution in [-0.2, 0) is 10.0 Å². The van der Waals surface area contributed by atoms with Crippen LogP contribution in [0.5, 0.6) is 0 Å². The van der Waals surface area contributed by atoms with Crippen molar-refractivity contribution < 1.29 is 22.7 Å². The first-order valence-corrected chi connectivity index (χ1v) is 8.13. The summed E-state index contributed by atoms with van der Waals surface area (Å²) in [5.41, 5.74) is 0.528. The van der Waals surface area contributed by atoms with E-state index < -0.39 is 21.8 Å². The number of benzene rings is 1. The van der Waals surface area contributed by atoms with Crippen molar-refractivity contribution in [2.24, 2.45) is 0 Å². The Hall–Kier alpha value is -1.93. The van der Waals surface area contributed by atoms with Gasteiger partial charge in [0, 0.05) is 10.6 Å². The van der Waals surface area contributed by atoms with E-state index in [4.69, 9.17) is 5.11 Å². The van der Waals surface area contributed by atoms with Gasteiger partial charge < -0.3 is 5.11 Å². The zero-order chi connectivity index (χ0) is 15.8. The molecule has 0 spiro atoms. The van der Waals surface area contributed by atoms with Crippen LogP contribution in [0.3, 0.4) is 0 Å². The fourth-order valence-corrected chi connectivity index (χ4v) is 4.24. The van der Waals surface area contributed by atoms with Gasteiger partial charge in [-0.2, -0.15) is 0 Å². The van der Waals surface area contributed by atoms with Gasteiger partial charge in [-0.25, -0.2) is 17.6 Å². The average molecular weight is 329 g/mol. The molecule has 0 atom stereocenters. The molecule has 2 rings (SSSR count). The standard InChI is InChI=1S/C13H12FNO4S2/c1-7-5-9(3-4-10(7)14)15-21(18,19)12-6-11(13(16)17)20-8(12)2/h3-6,15H,1-2H3,(H,16,17). The van der Waals surface area contributed by atoms with E-state index in [-0.39, 0.29) is 15.5 Å². The van der Waals surface area contributed by atoms with Crippen LogP contribution in [0.4, 0.5) is 10.1 Å². The van der Waals surface area contributed by atoms with Crippen LogP contribution >= 0.6 is 11.3 Å². The van der Waals surface area contributed by atoms with Crippen LogP contribution < -0.4 is 4.72 Å². The molecule has 2 N–H and O–H groups in total. The Balaban J connectivity index is 2.38. The molecule has 1 aromatic heterocycles. The molecule has 1 heterocycles. The van der Waals surface area contributed by atoms with E-state index in [9.17, 15) is 17.6 Å². The largest absolute Gasteiger partial charge is 0.477 e. The lowest BCUT2D eigenvalue weighted by Crippen LogP contribution is -2.13. The number of rotatable bonds is 4. The van der Waals surface area contributed by atoms with E-state index in [0.717, 1.165) is 23.5 Å². The number of carboxylic acid groups (broad SMARTS) is 1. The molecule has 0 aliphatic carbocycles. The normalized spacial score (nSPS) is 11.4. The molecule has 5 nitrogen and oxygen atoms in total. The summed E-state index contributed by atoms with van der Waals surface area (Å²) in [6.07, 6.45) is 0. The maximum absolute atomic E-state index is 13.2. The summed E-state index contributed by atoms with van der Waals surface area (Å²) >= 11 is 0.887. The summed E-state index contributed by atoms with van der Waals surface area (Å²) in [6, 6.07) is 4.95. The van der Waals surface area contributed by atoms with Crippen molar-refractivity contribution >= 4 is 33.0 Å². The van der Waals surface area contributed by atoms with Gasteiger partial charge in [0.1, 0.15) is 15.6 Å². The van der Waals surface area contributed by atoms with Crippen molar-refractivity contribution in [3.63, 3.8) is 0 Å². The van der Waals surface area contributed by atoms with Crippen LogP contribution in [-0.4, -0.2) is 19.5 Å². The Bertz CT molecular complexity index is 812. The zero-order valence-corrected chi connectivity index (χ0v) is 12.8. The Morgan fingerprint density at radius 1 is 1.29 bits per heavy atom. The Kier molecular flexibility index (Phi) is 4.02. The summed E-state index contributed by atoms with van der Waals surface area (Å²) in [5.74, 6) is -1.61. The van der Waals surface area contributed by atoms with Gasteiger partial charge in [-0.1, -0.05) is 0 Å². The fourth-order valence-electron chi connectivity index (χ4n) is 1.76. The average Bonchev–Trinajstić information content (AvgIpc) is 2.77. The van der Waals surface area contributed by atoms with Crippen molar-refractivity contribution in [2.75, 3.05) is 4.72 Å². The van der Waals surface area contributed by atoms with Crippen LogP contribution in [0.25, 0.3) is 0 Å². The fraction of sp³-hybridized carbons (Fsp3) is 0.154. The summed E-state index contributed by atoms with van der Waals surface area (Å²) < 4.78 is 40.0. The number of carbonyl (C=O) groups is 1. The molecule has 8 heteroatoms. The lowest BCUT2D eigenvalue weighted by atomic mass is 10.2. The minimum Gasteiger partial charge on any atom is -0.477 e. The maximum Gasteiger partial charge on any atom is 0.345 e. The van der Waals surface area contributed by atoms with Crippen LogP contribution in [0.2, 0.25) is 0 Å². The third-order valence-electron chi connectivity index (χ3n) is 2.78. The summed E-state index contributed by atoms with van der Waals surface area (Å²) in [7, 11) is -3.91. The van der Waals surface area contributed by atoms with E-state index in [0.29, 0.717) is 10.4 Å². The minimum absolute atomic E-state index is 0.0526. The maximum atomic E-state index is 13.2. The molecule has 0 fully saturated rings. The van der Waals surface area contributed by atoms with Crippen molar-refractivity contribution in [2.45, 2.75) is 18.7 Å². The van der Waals surface area contributed by atoms with E-state index in [1.807, 2.05) is 0 Å². The summed E-state index contributed by atoms with van der Waals surface area (Å²) in [4.78, 5) is 11.1. The van der Waals surface area contributed by atoms with Crippen molar-refractivity contribution in [1.82, 2.24) is 0 Å². The lowest BCUT2D eigenvalue weighted by Gasteiger charge is -2.08. The lowest BCUT2D eigenvalue weighted by molar-refractivity contribution is 0.0702. The van der Waals surface area contributed by atoms with Gasteiger partial charge in [-0.15, -0.1) is 11.3 Å². The van der Waals surface area contributed by atoms with Crippen molar-refractivity contribution in [1.29, 1.82) is 0 Å². The third-order valence-corrected chi connectivity index (χ3v) is 5.46. The van der Waals surface area contributed by atoms with Crippen molar-refractivity contribution in [3.8, 4) is 0 Å². The quantitative estimate of drug-likeness (QED) is 0.903. The number of halogens is 1. The molecular weight excluding hydrogens is 317 g/mol. The highest BCUT2D eigenvalue weighted by molar-refractivity contribution is 7.93. The number of hydrogen-bond acceptors (Lipinski definition) is 4. The molecule has 0 saturated carbocycles. The van der Waals surface area contributed by atoms with Crippen LogP contribution in [0.15, 0.2) is 29.2 Å². The first-order valence-electron chi connectivity index (χ1n) is 5.83. The molecule has 0 aliphatic rings. The van der Waals surface area contributed by atoms with E-state index >= 15 is 0 Å². The smallest absolute Gasteiger partial charge is 0.345 e. The van der Waals surface area contributed by atoms with E-state index in [2.05, 4.69) is 4.72 Å². The Morgan fingerprint density at radius 3 is 2.48 bits per heavy atom. The highest BCUT2D eigenvalue weighted by Gasteiger charge is 2.22. The second-order valence-corrected chi connectivity index (χ2v) is 7.31. The Morgan fingerprint density at radius 2 is 1.95 bits per heavy atom. The van der Waals surface area contributed by atoms with Gasteiger partial charge in [0.05, 0.1) is 0 Å². The first-order chi connectivity index (χ1) is 9.70. The van der Waals surface area contributed by atoms with Crippen LogP contribution in [0.1, 0.15) is 20.1 Å². The molecular formula is C13H12FNO4S2. The van der Waals surface area contributed by atoms with E-state index in [1.54, 1.807) is 0 Å². The topological polar surface area (TPSA) is 83.5 Å². The summed E-state index contributed by atoms with van der Waals surface area (Å²) in [5, 5.41) is 8.90. The Labute approximate surface area is 125 Å². The number of aryl methyl sites for hydroxylation is 2. The molecule has 0 saturated heterocycles. The SMILES string of the molecule is Cc1cc(NS(=O)(=O)c2cc(C(=O)O)sc2C)ccc1F. The highest BCUT2D eigenvalue weighted by atomic mass is 32.2. The molecule has 21 heavy (non-hydrogen) atoms. The number of hydrogen-bond donors (Lipinski definition) is 2. The number of thiophene rings is 1. The number of sulfonamides is 1. The molecule has 0 bridgehead atoms. The summed E-state index contributed by atoms with van der Waals surface area (Å²) in [6.45, 7) is 3.05. The van der Waals surface area contributed by atoms with Crippen molar-refractivity contribution in [3.05, 3.63) is 45.4 Å². The van der Waals surface area contributed by atoms with Gasteiger partial charge in [0.25, 0.3) is 10.0 Å². The zero-order valence-electron chi connectivity index (χ0n) is 11.2. The monoisotopic (exact) mass is 329 g/mol. The first kappa shape index (κ1) is 15.5. The van der Waals surface area contributed by atoms with Gasteiger partial charge in [-0.05, 0) is 43.7 Å². The third kappa shape index (κ3) is 3.22. The predicted molar refractivity (Wildman–Crippen MR) is 78.0 cm³/mol. The number of carboxylic acids is 1. The van der Waals surface area contributed by atoms with Gasteiger partial charge in [0.2, 0.25) is 0 Å². The van der Waals surface area contributed by atoms with Gasteiger partial charge in [0.15, 0.2) is 0 Å². The molecule has 1 aromatic carbocycles. The molecule has 112 valence electrons. The van der Waals surface area contributed by atoms with Gasteiger partial charge in [-0.3, -0.25) is 4.72 Å². The van der Waals surface area contributed by atoms with Gasteiger partial charge >= 0.3 is 5.97 Å². The molecule has 0 amide bonds. The number of nitrogens with one attached hydrogen (secondary N) is 1. The molecule has 0 unspecified atom stereocenters. The second-order valence-electron chi connectivity index (χ2n) is 4.41. The second kappa shape index (κ2) is 5.45. The van der Waals surface area contributed by atoms with Crippen LogP contribution in [0, 0.1) is 19.7 Å². The van der Waals surface area contributed by atoms with E-state index in [1.165, 1.54) is 26.0 Å². The molecule has 0 radical (unpaired) electrons. The minimum atomic E-state index is -3.91. The predicted octanol–water partition coefficient (Wildman–Crippen LogP) is 3.00. The highest BCUT2D eigenvalue weighted by Crippen LogP contribution is 2.27. The molecule has 0 aliphatic heterocycles. The number of aromatic carboxylic acids is 1.